The van der Waals surface area contributed by atoms with Gasteiger partial charge in [0.05, 0.1) is 12.3 Å². The highest BCUT2D eigenvalue weighted by Gasteiger charge is 2.33. The fourth-order valence-corrected chi connectivity index (χ4v) is 4.34. The lowest BCUT2D eigenvalue weighted by atomic mass is 9.88. The van der Waals surface area contributed by atoms with Crippen molar-refractivity contribution in [2.75, 3.05) is 27.2 Å². The molecule has 2 amide bonds. The van der Waals surface area contributed by atoms with Crippen LogP contribution in [0.5, 0.6) is 0 Å². The minimum atomic E-state index is -0.0807. The molecule has 6 nitrogen and oxygen atoms in total. The summed E-state index contributed by atoms with van der Waals surface area (Å²) < 4.78 is 0. The summed E-state index contributed by atoms with van der Waals surface area (Å²) in [5.74, 6) is -0.127. The molecule has 1 heterocycles. The zero-order chi connectivity index (χ0) is 20.7. The number of hydrogen-bond acceptors (Lipinski definition) is 4. The second-order valence-corrected chi connectivity index (χ2v) is 8.49. The molecule has 1 aromatic carbocycles. The van der Waals surface area contributed by atoms with Crippen LogP contribution in [-0.2, 0) is 9.59 Å². The molecule has 1 N–H and O–H groups in total. The van der Waals surface area contributed by atoms with Crippen molar-refractivity contribution < 1.29 is 9.59 Å². The van der Waals surface area contributed by atoms with Crippen molar-refractivity contribution in [1.82, 2.24) is 15.2 Å². The number of nitrogens with one attached hydrogen (secondary N) is 1. The van der Waals surface area contributed by atoms with Gasteiger partial charge in [-0.05, 0) is 32.5 Å². The van der Waals surface area contributed by atoms with Crippen molar-refractivity contribution in [3.8, 4) is 0 Å². The maximum Gasteiger partial charge on any atom is 0.243 e. The molecule has 0 saturated heterocycles. The van der Waals surface area contributed by atoms with Crippen molar-refractivity contribution in [3.63, 3.8) is 0 Å². The first kappa shape index (κ1) is 21.5. The maximum atomic E-state index is 12.5. The van der Waals surface area contributed by atoms with Crippen LogP contribution in [0.25, 0.3) is 0 Å². The summed E-state index contributed by atoms with van der Waals surface area (Å²) in [5.41, 5.74) is 2.03. The number of carbonyl (C=O) groups excluding carboxylic acids is 2. The van der Waals surface area contributed by atoms with Gasteiger partial charge in [0.25, 0.3) is 0 Å². The largest absolute Gasteiger partial charge is 0.354 e. The van der Waals surface area contributed by atoms with Gasteiger partial charge < -0.3 is 10.2 Å². The van der Waals surface area contributed by atoms with Gasteiger partial charge >= 0.3 is 0 Å². The molecule has 2 aliphatic rings. The van der Waals surface area contributed by atoms with Gasteiger partial charge in [-0.25, -0.2) is 5.01 Å². The van der Waals surface area contributed by atoms with E-state index in [1.54, 1.807) is 0 Å². The third-order valence-electron chi connectivity index (χ3n) is 6.36. The summed E-state index contributed by atoms with van der Waals surface area (Å²) in [6, 6.07) is 9.93. The van der Waals surface area contributed by atoms with Crippen molar-refractivity contribution in [2.45, 2.75) is 63.3 Å². The van der Waals surface area contributed by atoms with Crippen LogP contribution in [0.1, 0.15) is 63.4 Å². The Hall–Kier alpha value is -2.21. The van der Waals surface area contributed by atoms with Crippen LogP contribution in [0, 0.1) is 0 Å². The van der Waals surface area contributed by atoms with Crippen molar-refractivity contribution in [2.24, 2.45) is 5.10 Å². The average molecular weight is 399 g/mol. The van der Waals surface area contributed by atoms with E-state index in [9.17, 15) is 9.59 Å². The standard InChI is InChI=1S/C23H34N4O2/c1-26(2)23(15-8-3-4-9-16-23)18-24-21(28)12-13-22(29)27-17-14-20(25-27)19-10-6-5-7-11-19/h5-7,10-11H,3-4,8-9,12-18H2,1-2H3,(H,24,28). The lowest BCUT2D eigenvalue weighted by molar-refractivity contribution is -0.133. The second kappa shape index (κ2) is 10.0. The van der Waals surface area contributed by atoms with E-state index in [4.69, 9.17) is 0 Å². The Labute approximate surface area is 174 Å². The van der Waals surface area contributed by atoms with E-state index in [0.29, 0.717) is 13.1 Å². The number of rotatable bonds is 7. The minimum Gasteiger partial charge on any atom is -0.354 e. The van der Waals surface area contributed by atoms with Gasteiger partial charge in [-0.1, -0.05) is 56.0 Å². The van der Waals surface area contributed by atoms with Gasteiger partial charge in [0.1, 0.15) is 0 Å². The smallest absolute Gasteiger partial charge is 0.243 e. The molecule has 1 saturated carbocycles. The van der Waals surface area contributed by atoms with Gasteiger partial charge in [0, 0.05) is 31.3 Å². The molecule has 6 heteroatoms. The Bertz CT molecular complexity index is 722. The molecule has 0 radical (unpaired) electrons. The SMILES string of the molecule is CN(C)C1(CNC(=O)CCC(=O)N2CCC(c3ccccc3)=N2)CCCCCC1. The molecule has 0 aromatic heterocycles. The molecule has 0 atom stereocenters. The molecule has 0 bridgehead atoms. The molecule has 1 aliphatic carbocycles. The number of hydrazone groups is 1. The summed E-state index contributed by atoms with van der Waals surface area (Å²) in [7, 11) is 4.22. The topological polar surface area (TPSA) is 65.0 Å². The molecule has 0 unspecified atom stereocenters. The Morgan fingerprint density at radius 3 is 2.41 bits per heavy atom. The lowest BCUT2D eigenvalue weighted by Crippen LogP contribution is -2.52. The van der Waals surface area contributed by atoms with Crippen LogP contribution in [0.4, 0.5) is 0 Å². The van der Waals surface area contributed by atoms with Crippen LogP contribution in [-0.4, -0.2) is 60.2 Å². The second-order valence-electron chi connectivity index (χ2n) is 8.49. The predicted octanol–water partition coefficient (Wildman–Crippen LogP) is 3.17. The fraction of sp³-hybridized carbons (Fsp3) is 0.609. The van der Waals surface area contributed by atoms with E-state index in [-0.39, 0.29) is 30.2 Å². The third-order valence-corrected chi connectivity index (χ3v) is 6.36. The van der Waals surface area contributed by atoms with Crippen LogP contribution >= 0.6 is 0 Å². The zero-order valence-corrected chi connectivity index (χ0v) is 17.8. The number of likely N-dealkylation sites (N-methyl/N-ethyl adjacent to an activating group) is 1. The molecular formula is C23H34N4O2. The molecule has 1 aromatic rings. The highest BCUT2D eigenvalue weighted by atomic mass is 16.2. The normalized spacial score (nSPS) is 19.0. The minimum absolute atomic E-state index is 0.0417. The van der Waals surface area contributed by atoms with E-state index >= 15 is 0 Å². The molecule has 1 aliphatic heterocycles. The third kappa shape index (κ3) is 5.66. The first-order valence-corrected chi connectivity index (χ1v) is 10.9. The zero-order valence-electron chi connectivity index (χ0n) is 17.8. The number of carbonyl (C=O) groups is 2. The van der Waals surface area contributed by atoms with Crippen molar-refractivity contribution >= 4 is 17.5 Å². The van der Waals surface area contributed by atoms with E-state index in [1.807, 2.05) is 30.3 Å². The summed E-state index contributed by atoms with van der Waals surface area (Å²) in [4.78, 5) is 27.2. The van der Waals surface area contributed by atoms with Gasteiger partial charge in [0.2, 0.25) is 11.8 Å². The van der Waals surface area contributed by atoms with E-state index < -0.39 is 0 Å². The number of benzene rings is 1. The van der Waals surface area contributed by atoms with Gasteiger partial charge in [-0.2, -0.15) is 5.10 Å². The lowest BCUT2D eigenvalue weighted by Gasteiger charge is -2.39. The van der Waals surface area contributed by atoms with E-state index in [0.717, 1.165) is 30.5 Å². The van der Waals surface area contributed by atoms with E-state index in [1.165, 1.54) is 30.7 Å². The van der Waals surface area contributed by atoms with Crippen LogP contribution in [0.2, 0.25) is 0 Å². The quantitative estimate of drug-likeness (QED) is 0.718. The summed E-state index contributed by atoms with van der Waals surface area (Å²) >= 11 is 0. The maximum absolute atomic E-state index is 12.5. The highest BCUT2D eigenvalue weighted by Crippen LogP contribution is 2.30. The van der Waals surface area contributed by atoms with E-state index in [2.05, 4.69) is 29.4 Å². The van der Waals surface area contributed by atoms with Crippen molar-refractivity contribution in [1.29, 1.82) is 0 Å². The van der Waals surface area contributed by atoms with Gasteiger partial charge in [-0.15, -0.1) is 0 Å². The molecule has 29 heavy (non-hydrogen) atoms. The highest BCUT2D eigenvalue weighted by molar-refractivity contribution is 6.02. The monoisotopic (exact) mass is 398 g/mol. The molecular weight excluding hydrogens is 364 g/mol. The Kier molecular flexibility index (Phi) is 7.42. The summed E-state index contributed by atoms with van der Waals surface area (Å²) in [6.07, 6.45) is 8.38. The van der Waals surface area contributed by atoms with Crippen LogP contribution < -0.4 is 5.32 Å². The molecule has 0 spiro atoms. The van der Waals surface area contributed by atoms with Crippen LogP contribution in [0.15, 0.2) is 35.4 Å². The fourth-order valence-electron chi connectivity index (χ4n) is 4.34. The van der Waals surface area contributed by atoms with Gasteiger partial charge in [0.15, 0.2) is 0 Å². The predicted molar refractivity (Wildman–Crippen MR) is 116 cm³/mol. The van der Waals surface area contributed by atoms with Crippen molar-refractivity contribution in [3.05, 3.63) is 35.9 Å². The summed E-state index contributed by atoms with van der Waals surface area (Å²) in [5, 5.41) is 9.07. The van der Waals surface area contributed by atoms with Gasteiger partial charge in [-0.3, -0.25) is 9.59 Å². The molecule has 3 rings (SSSR count). The van der Waals surface area contributed by atoms with Crippen LogP contribution in [0.3, 0.4) is 0 Å². The Morgan fingerprint density at radius 2 is 1.76 bits per heavy atom. The average Bonchev–Trinajstić information content (AvgIpc) is 3.10. The first-order valence-electron chi connectivity index (χ1n) is 10.9. The molecule has 158 valence electrons. The Balaban J connectivity index is 1.46. The summed E-state index contributed by atoms with van der Waals surface area (Å²) in [6.45, 7) is 1.25. The number of amides is 2. The number of hydrogen-bond donors (Lipinski definition) is 1. The first-order chi connectivity index (χ1) is 14.0. The Morgan fingerprint density at radius 1 is 1.07 bits per heavy atom. The molecule has 1 fully saturated rings. The number of nitrogens with zero attached hydrogens (tertiary/aromatic N) is 3.